The maximum atomic E-state index is 12.7. The Kier molecular flexibility index (Phi) is 3.63. The molecule has 0 aromatic carbocycles. The van der Waals surface area contributed by atoms with Crippen molar-refractivity contribution in [2.45, 2.75) is 38.7 Å². The highest BCUT2D eigenvalue weighted by Crippen LogP contribution is 2.34. The van der Waals surface area contributed by atoms with Crippen molar-refractivity contribution >= 4 is 23.3 Å². The van der Waals surface area contributed by atoms with Crippen molar-refractivity contribution in [2.75, 3.05) is 26.7 Å². The Morgan fingerprint density at radius 1 is 1.41 bits per heavy atom. The van der Waals surface area contributed by atoms with E-state index in [0.29, 0.717) is 36.9 Å². The Bertz CT molecular complexity index is 628. The van der Waals surface area contributed by atoms with Crippen LogP contribution in [0.3, 0.4) is 0 Å². The number of nitrogens with zero attached hydrogens (tertiary/aromatic N) is 3. The second-order valence-corrected chi connectivity index (χ2v) is 7.54. The Hall–Kier alpha value is -1.63. The predicted octanol–water partition coefficient (Wildman–Crippen LogP) is 2.24. The SMILES string of the molecule is Cc1nc(C(C)C)sc1C(=O)N1CC[C@]2(CN(C)C(=O)O2)C1. The summed E-state index contributed by atoms with van der Waals surface area (Å²) in [6, 6.07) is 0. The molecule has 7 heteroatoms. The van der Waals surface area contributed by atoms with Crippen molar-refractivity contribution in [3.63, 3.8) is 0 Å². The lowest BCUT2D eigenvalue weighted by molar-refractivity contribution is 0.0554. The molecule has 2 aliphatic rings. The molecule has 2 aliphatic heterocycles. The summed E-state index contributed by atoms with van der Waals surface area (Å²) in [5, 5.41) is 0.988. The first-order valence-corrected chi connectivity index (χ1v) is 8.34. The minimum absolute atomic E-state index is 0.00405. The number of aromatic nitrogens is 1. The first kappa shape index (κ1) is 15.3. The average Bonchev–Trinajstić information content (AvgIpc) is 3.09. The quantitative estimate of drug-likeness (QED) is 0.837. The van der Waals surface area contributed by atoms with Crippen molar-refractivity contribution in [1.29, 1.82) is 0 Å². The number of likely N-dealkylation sites (N-methyl/N-ethyl adjacent to an activating group) is 1. The summed E-state index contributed by atoms with van der Waals surface area (Å²) in [5.41, 5.74) is 0.265. The molecular formula is C15H21N3O3S. The number of aryl methyl sites for hydroxylation is 1. The molecule has 1 spiro atoms. The minimum Gasteiger partial charge on any atom is -0.439 e. The summed E-state index contributed by atoms with van der Waals surface area (Å²) in [6.07, 6.45) is 0.398. The van der Waals surface area contributed by atoms with E-state index in [0.717, 1.165) is 10.7 Å². The summed E-state index contributed by atoms with van der Waals surface area (Å²) >= 11 is 1.47. The number of hydrogen-bond acceptors (Lipinski definition) is 5. The molecule has 3 rings (SSSR count). The zero-order valence-corrected chi connectivity index (χ0v) is 14.2. The van der Waals surface area contributed by atoms with E-state index in [1.54, 1.807) is 16.8 Å². The molecule has 2 fully saturated rings. The van der Waals surface area contributed by atoms with Gasteiger partial charge in [-0.15, -0.1) is 11.3 Å². The molecular weight excluding hydrogens is 302 g/mol. The fraction of sp³-hybridized carbons (Fsp3) is 0.667. The van der Waals surface area contributed by atoms with Gasteiger partial charge in [0.25, 0.3) is 5.91 Å². The van der Waals surface area contributed by atoms with E-state index < -0.39 is 5.60 Å². The fourth-order valence-electron chi connectivity index (χ4n) is 3.03. The minimum atomic E-state index is -0.527. The van der Waals surface area contributed by atoms with Crippen molar-refractivity contribution in [2.24, 2.45) is 0 Å². The second-order valence-electron chi connectivity index (χ2n) is 6.51. The zero-order valence-electron chi connectivity index (χ0n) is 13.4. The van der Waals surface area contributed by atoms with Crippen LogP contribution in [0.5, 0.6) is 0 Å². The van der Waals surface area contributed by atoms with E-state index in [4.69, 9.17) is 4.74 Å². The molecule has 0 radical (unpaired) electrons. The van der Waals surface area contributed by atoms with E-state index >= 15 is 0 Å². The standard InChI is InChI=1S/C15H21N3O3S/c1-9(2)12-16-10(3)11(22-12)13(19)18-6-5-15(8-18)7-17(4)14(20)21-15/h9H,5-8H2,1-4H3/t15-/m0/s1. The molecule has 0 N–H and O–H groups in total. The maximum absolute atomic E-state index is 12.7. The van der Waals surface area contributed by atoms with Gasteiger partial charge in [0.2, 0.25) is 0 Å². The summed E-state index contributed by atoms with van der Waals surface area (Å²) in [5.74, 6) is 0.323. The highest BCUT2D eigenvalue weighted by Gasteiger charge is 2.49. The largest absolute Gasteiger partial charge is 0.439 e. The molecule has 0 aliphatic carbocycles. The molecule has 2 amide bonds. The number of likely N-dealkylation sites (tertiary alicyclic amines) is 1. The molecule has 6 nitrogen and oxygen atoms in total. The third-order valence-corrected chi connectivity index (χ3v) is 5.69. The molecule has 0 saturated carbocycles. The van der Waals surface area contributed by atoms with Gasteiger partial charge < -0.3 is 14.5 Å². The number of hydrogen-bond donors (Lipinski definition) is 0. The van der Waals surface area contributed by atoms with Crippen molar-refractivity contribution in [3.8, 4) is 0 Å². The fourth-order valence-corrected chi connectivity index (χ4v) is 4.07. The summed E-state index contributed by atoms with van der Waals surface area (Å²) < 4.78 is 5.49. The van der Waals surface area contributed by atoms with Crippen molar-refractivity contribution in [1.82, 2.24) is 14.8 Å². The zero-order chi connectivity index (χ0) is 16.1. The first-order valence-electron chi connectivity index (χ1n) is 7.52. The van der Waals surface area contributed by atoms with Gasteiger partial charge in [-0.25, -0.2) is 9.78 Å². The number of ether oxygens (including phenoxy) is 1. The molecule has 1 aromatic heterocycles. The van der Waals surface area contributed by atoms with E-state index in [9.17, 15) is 9.59 Å². The van der Waals surface area contributed by atoms with Gasteiger partial charge in [-0.3, -0.25) is 4.79 Å². The monoisotopic (exact) mass is 323 g/mol. The lowest BCUT2D eigenvalue weighted by atomic mass is 10.0. The summed E-state index contributed by atoms with van der Waals surface area (Å²) in [6.45, 7) is 7.67. The number of amides is 2. The molecule has 0 bridgehead atoms. The van der Waals surface area contributed by atoms with Crippen LogP contribution >= 0.6 is 11.3 Å². The van der Waals surface area contributed by atoms with Gasteiger partial charge in [0, 0.05) is 25.9 Å². The normalized spacial score (nSPS) is 24.7. The topological polar surface area (TPSA) is 62.7 Å². The Balaban J connectivity index is 1.76. The van der Waals surface area contributed by atoms with Crippen LogP contribution in [0.4, 0.5) is 4.79 Å². The molecule has 0 unspecified atom stereocenters. The van der Waals surface area contributed by atoms with Crippen molar-refractivity contribution < 1.29 is 14.3 Å². The van der Waals surface area contributed by atoms with E-state index in [1.807, 2.05) is 6.92 Å². The highest BCUT2D eigenvalue weighted by molar-refractivity contribution is 7.13. The third-order valence-electron chi connectivity index (χ3n) is 4.25. The van der Waals surface area contributed by atoms with Gasteiger partial charge in [0.05, 0.1) is 23.8 Å². The second kappa shape index (κ2) is 5.22. The smallest absolute Gasteiger partial charge is 0.410 e. The average molecular weight is 323 g/mol. The van der Waals surface area contributed by atoms with Gasteiger partial charge in [0.1, 0.15) is 4.88 Å². The molecule has 1 atom stereocenters. The predicted molar refractivity (Wildman–Crippen MR) is 83.3 cm³/mol. The number of carbonyl (C=O) groups excluding carboxylic acids is 2. The Morgan fingerprint density at radius 3 is 2.68 bits per heavy atom. The Labute approximate surface area is 134 Å². The lowest BCUT2D eigenvalue weighted by Gasteiger charge is -2.21. The number of rotatable bonds is 2. The van der Waals surface area contributed by atoms with Gasteiger partial charge in [0.15, 0.2) is 5.60 Å². The van der Waals surface area contributed by atoms with Gasteiger partial charge in [-0.1, -0.05) is 13.8 Å². The van der Waals surface area contributed by atoms with Crippen LogP contribution < -0.4 is 0 Å². The Morgan fingerprint density at radius 2 is 2.14 bits per heavy atom. The summed E-state index contributed by atoms with van der Waals surface area (Å²) in [4.78, 5) is 32.9. The van der Waals surface area contributed by atoms with E-state index in [-0.39, 0.29) is 12.0 Å². The molecule has 120 valence electrons. The van der Waals surface area contributed by atoms with Crippen LogP contribution in [0.15, 0.2) is 0 Å². The molecule has 22 heavy (non-hydrogen) atoms. The van der Waals surface area contributed by atoms with Gasteiger partial charge in [-0.2, -0.15) is 0 Å². The number of thiazole rings is 1. The summed E-state index contributed by atoms with van der Waals surface area (Å²) in [7, 11) is 1.73. The molecule has 1 aromatic rings. The van der Waals surface area contributed by atoms with Crippen LogP contribution in [0.2, 0.25) is 0 Å². The van der Waals surface area contributed by atoms with Crippen LogP contribution in [0.25, 0.3) is 0 Å². The van der Waals surface area contributed by atoms with E-state index in [1.165, 1.54) is 11.3 Å². The van der Waals surface area contributed by atoms with Gasteiger partial charge in [-0.05, 0) is 6.92 Å². The van der Waals surface area contributed by atoms with E-state index in [2.05, 4.69) is 18.8 Å². The molecule has 2 saturated heterocycles. The molecule has 3 heterocycles. The van der Waals surface area contributed by atoms with Crippen LogP contribution in [0, 0.1) is 6.92 Å². The van der Waals surface area contributed by atoms with Crippen LogP contribution in [0.1, 0.15) is 46.6 Å². The maximum Gasteiger partial charge on any atom is 0.410 e. The third kappa shape index (κ3) is 2.47. The van der Waals surface area contributed by atoms with Crippen LogP contribution in [-0.2, 0) is 4.74 Å². The highest BCUT2D eigenvalue weighted by atomic mass is 32.1. The first-order chi connectivity index (χ1) is 10.3. The van der Waals surface area contributed by atoms with Gasteiger partial charge >= 0.3 is 6.09 Å². The van der Waals surface area contributed by atoms with Crippen molar-refractivity contribution in [3.05, 3.63) is 15.6 Å². The van der Waals surface area contributed by atoms with Crippen LogP contribution in [-0.4, -0.2) is 59.1 Å². The lowest BCUT2D eigenvalue weighted by Crippen LogP contribution is -2.39. The number of carbonyl (C=O) groups is 2.